The van der Waals surface area contributed by atoms with Crippen LogP contribution >= 0.6 is 0 Å². The van der Waals surface area contributed by atoms with Gasteiger partial charge in [-0.2, -0.15) is 21.6 Å². The minimum Gasteiger partial charge on any atom is -0.263 e. The molecule has 0 aliphatic rings. The smallest absolute Gasteiger partial charge is 0.263 e. The predicted molar refractivity (Wildman–Crippen MR) is 23.8 cm³/mol. The van der Waals surface area contributed by atoms with Crippen LogP contribution in [-0.2, 0) is 14.8 Å². The topological polar surface area (TPSA) is 63.2 Å². The van der Waals surface area contributed by atoms with E-state index in [-0.39, 0.29) is 0 Å². The van der Waals surface area contributed by atoms with Crippen molar-refractivity contribution in [2.75, 3.05) is 0 Å². The minimum atomic E-state index is -5.52. The molecule has 0 saturated carbocycles. The highest BCUT2D eigenvalue weighted by atomic mass is 32.2. The Morgan fingerprint density at radius 3 is 1.80 bits per heavy atom. The van der Waals surface area contributed by atoms with Gasteiger partial charge in [0.2, 0.25) is 0 Å². The SMILES string of the molecule is O=[C]NS(=O)(=O)C(F)(F)F. The molecule has 0 atom stereocenters. The molecule has 4 nitrogen and oxygen atoms in total. The van der Waals surface area contributed by atoms with Crippen molar-refractivity contribution >= 4 is 16.4 Å². The predicted octanol–water partition coefficient (Wildman–Crippen LogP) is -0.507. The van der Waals surface area contributed by atoms with Gasteiger partial charge in [-0.1, -0.05) is 0 Å². The summed E-state index contributed by atoms with van der Waals surface area (Å²) in [6, 6.07) is 0. The van der Waals surface area contributed by atoms with Gasteiger partial charge in [-0.25, -0.2) is 4.72 Å². The molecular formula is C2HF3NO3S. The van der Waals surface area contributed by atoms with Crippen LogP contribution in [0.1, 0.15) is 0 Å². The normalized spacial score (nSPS) is 12.7. The molecule has 1 radical (unpaired) electrons. The minimum absolute atomic E-state index is 0.407. The van der Waals surface area contributed by atoms with E-state index in [9.17, 15) is 21.6 Å². The van der Waals surface area contributed by atoms with Crippen molar-refractivity contribution in [3.63, 3.8) is 0 Å². The second kappa shape index (κ2) is 2.45. The molecule has 0 spiro atoms. The van der Waals surface area contributed by atoms with E-state index in [0.717, 1.165) is 0 Å². The molecule has 0 saturated heterocycles. The first-order valence-electron chi connectivity index (χ1n) is 1.76. The molecule has 0 aliphatic carbocycles. The van der Waals surface area contributed by atoms with E-state index in [2.05, 4.69) is 0 Å². The van der Waals surface area contributed by atoms with Crippen LogP contribution in [0.15, 0.2) is 0 Å². The first kappa shape index (κ1) is 9.21. The number of hydrogen-bond acceptors (Lipinski definition) is 3. The van der Waals surface area contributed by atoms with Crippen molar-refractivity contribution in [2.45, 2.75) is 5.51 Å². The summed E-state index contributed by atoms with van der Waals surface area (Å²) in [4.78, 5) is 9.15. The number of carbonyl (C=O) groups excluding carboxylic acids is 1. The van der Waals surface area contributed by atoms with E-state index < -0.39 is 15.5 Å². The first-order valence-corrected chi connectivity index (χ1v) is 3.25. The Bertz CT molecular complexity index is 216. The summed E-state index contributed by atoms with van der Waals surface area (Å²) < 4.78 is 53.6. The summed E-state index contributed by atoms with van der Waals surface area (Å²) in [6.07, 6.45) is 0.407. The fraction of sp³-hybridized carbons (Fsp3) is 0.500. The maximum atomic E-state index is 11.2. The standard InChI is InChI=1S/C2HF3NO3S/c3-2(4,5)10(8,9)6-1-7/h(H,6,7). The fourth-order valence-corrected chi connectivity index (χ4v) is 0.338. The second-order valence-electron chi connectivity index (χ2n) is 1.15. The number of alkyl halides is 3. The molecule has 59 valence electrons. The Labute approximate surface area is 54.1 Å². The van der Waals surface area contributed by atoms with E-state index in [1.54, 1.807) is 0 Å². The second-order valence-corrected chi connectivity index (χ2v) is 2.83. The van der Waals surface area contributed by atoms with Crippen molar-refractivity contribution in [1.29, 1.82) is 0 Å². The summed E-state index contributed by atoms with van der Waals surface area (Å²) in [7, 11) is -5.52. The third kappa shape index (κ3) is 1.87. The summed E-state index contributed by atoms with van der Waals surface area (Å²) in [6.45, 7) is 0. The Balaban J connectivity index is 4.59. The van der Waals surface area contributed by atoms with Crippen molar-refractivity contribution in [3.05, 3.63) is 0 Å². The highest BCUT2D eigenvalue weighted by Crippen LogP contribution is 2.20. The Kier molecular flexibility index (Phi) is 2.25. The van der Waals surface area contributed by atoms with E-state index in [0.29, 0.717) is 11.1 Å². The number of sulfonamides is 1. The molecular weight excluding hydrogens is 175 g/mol. The van der Waals surface area contributed by atoms with Crippen LogP contribution in [-0.4, -0.2) is 20.3 Å². The van der Waals surface area contributed by atoms with Crippen LogP contribution in [0.3, 0.4) is 0 Å². The van der Waals surface area contributed by atoms with Gasteiger partial charge in [-0.3, -0.25) is 4.79 Å². The monoisotopic (exact) mass is 176 g/mol. The zero-order valence-corrected chi connectivity index (χ0v) is 5.08. The van der Waals surface area contributed by atoms with Crippen molar-refractivity contribution < 1.29 is 26.4 Å². The average Bonchev–Trinajstić information content (AvgIpc) is 1.61. The molecule has 0 aromatic carbocycles. The molecule has 0 heterocycles. The number of rotatable bonds is 2. The molecule has 0 bridgehead atoms. The van der Waals surface area contributed by atoms with E-state index >= 15 is 0 Å². The van der Waals surface area contributed by atoms with E-state index in [1.165, 1.54) is 0 Å². The van der Waals surface area contributed by atoms with E-state index in [1.807, 2.05) is 0 Å². The molecule has 0 rings (SSSR count). The molecule has 0 aromatic heterocycles. The lowest BCUT2D eigenvalue weighted by atomic mass is 11.5. The quantitative estimate of drug-likeness (QED) is 0.576. The van der Waals surface area contributed by atoms with Crippen molar-refractivity contribution in [3.8, 4) is 0 Å². The largest absolute Gasteiger partial charge is 0.516 e. The van der Waals surface area contributed by atoms with Gasteiger partial charge >= 0.3 is 21.9 Å². The highest BCUT2D eigenvalue weighted by molar-refractivity contribution is 7.90. The molecule has 8 heteroatoms. The molecule has 1 amide bonds. The Morgan fingerprint density at radius 1 is 1.30 bits per heavy atom. The fourth-order valence-electron chi connectivity index (χ4n) is 0.113. The van der Waals surface area contributed by atoms with Gasteiger partial charge < -0.3 is 0 Å². The zero-order valence-electron chi connectivity index (χ0n) is 4.27. The van der Waals surface area contributed by atoms with Crippen LogP contribution in [0.25, 0.3) is 0 Å². The summed E-state index contributed by atoms with van der Waals surface area (Å²) in [5.74, 6) is 0. The Morgan fingerprint density at radius 2 is 1.70 bits per heavy atom. The van der Waals surface area contributed by atoms with Gasteiger partial charge in [-0.15, -0.1) is 0 Å². The van der Waals surface area contributed by atoms with Crippen molar-refractivity contribution in [1.82, 2.24) is 4.72 Å². The third-order valence-corrected chi connectivity index (χ3v) is 1.44. The molecule has 10 heavy (non-hydrogen) atoms. The first-order chi connectivity index (χ1) is 4.31. The van der Waals surface area contributed by atoms with Crippen LogP contribution in [0.5, 0.6) is 0 Å². The number of halogens is 3. The van der Waals surface area contributed by atoms with Crippen LogP contribution in [0, 0.1) is 0 Å². The van der Waals surface area contributed by atoms with Gasteiger partial charge in [-0.05, 0) is 0 Å². The van der Waals surface area contributed by atoms with Gasteiger partial charge in [0.05, 0.1) is 0 Å². The lowest BCUT2D eigenvalue weighted by molar-refractivity contribution is -0.0442. The van der Waals surface area contributed by atoms with E-state index in [4.69, 9.17) is 4.79 Å². The maximum Gasteiger partial charge on any atom is 0.516 e. The zero-order chi connectivity index (χ0) is 8.41. The van der Waals surface area contributed by atoms with Gasteiger partial charge in [0, 0.05) is 0 Å². The van der Waals surface area contributed by atoms with Gasteiger partial charge in [0.15, 0.2) is 0 Å². The van der Waals surface area contributed by atoms with Gasteiger partial charge in [0.25, 0.3) is 0 Å². The number of nitrogens with one attached hydrogen (secondary N) is 1. The van der Waals surface area contributed by atoms with Crippen LogP contribution < -0.4 is 4.72 Å². The summed E-state index contributed by atoms with van der Waals surface area (Å²) in [5.41, 5.74) is -5.45. The molecule has 0 aliphatic heterocycles. The molecule has 0 aromatic rings. The molecule has 0 fully saturated rings. The van der Waals surface area contributed by atoms with Crippen LogP contribution in [0.2, 0.25) is 0 Å². The highest BCUT2D eigenvalue weighted by Gasteiger charge is 2.45. The summed E-state index contributed by atoms with van der Waals surface area (Å²) in [5, 5.41) is 0. The lowest BCUT2D eigenvalue weighted by Crippen LogP contribution is -2.35. The molecule has 1 N–H and O–H groups in total. The number of amides is 1. The average molecular weight is 176 g/mol. The molecule has 0 unspecified atom stereocenters. The Hall–Kier alpha value is -0.790. The maximum absolute atomic E-state index is 11.2. The summed E-state index contributed by atoms with van der Waals surface area (Å²) >= 11 is 0. The lowest BCUT2D eigenvalue weighted by Gasteiger charge is -2.03. The number of hydrogen-bond donors (Lipinski definition) is 1. The van der Waals surface area contributed by atoms with Crippen molar-refractivity contribution in [2.24, 2.45) is 0 Å². The van der Waals surface area contributed by atoms with Crippen LogP contribution in [0.4, 0.5) is 13.2 Å². The van der Waals surface area contributed by atoms with Gasteiger partial charge in [0.1, 0.15) is 0 Å². The third-order valence-electron chi connectivity index (χ3n) is 0.481.